The zero-order valence-electron chi connectivity index (χ0n) is 14.5. The lowest BCUT2D eigenvalue weighted by Crippen LogP contribution is -2.64. The van der Waals surface area contributed by atoms with Crippen molar-refractivity contribution in [3.8, 4) is 0 Å². The van der Waals surface area contributed by atoms with Gasteiger partial charge in [-0.05, 0) is 19.1 Å². The largest absolute Gasteiger partial charge is 0.282 e. The first-order chi connectivity index (χ1) is 13.0. The molecule has 0 spiro atoms. The third-order valence-corrected chi connectivity index (χ3v) is 4.95. The van der Waals surface area contributed by atoms with Crippen molar-refractivity contribution in [1.82, 2.24) is 0 Å². The molecule has 3 rings (SSSR count). The van der Waals surface area contributed by atoms with Crippen molar-refractivity contribution in [3.05, 3.63) is 76.9 Å². The van der Waals surface area contributed by atoms with Gasteiger partial charge in [0, 0.05) is 23.9 Å². The number of rotatable bonds is 3. The molecule has 0 radical (unpaired) electrons. The molecule has 0 aromatic heterocycles. The monoisotopic (exact) mass is 404 g/mol. The molecule has 1 aromatic rings. The van der Waals surface area contributed by atoms with E-state index in [1.165, 1.54) is 0 Å². The summed E-state index contributed by atoms with van der Waals surface area (Å²) in [5, 5.41) is 0. The lowest BCUT2D eigenvalue weighted by molar-refractivity contribution is 0.257. The Labute approximate surface area is 156 Å². The third-order valence-electron chi connectivity index (χ3n) is 4.95. The van der Waals surface area contributed by atoms with Gasteiger partial charge in [-0.3, -0.25) is 0 Å². The second-order valence-corrected chi connectivity index (χ2v) is 6.88. The summed E-state index contributed by atoms with van der Waals surface area (Å²) in [6.07, 6.45) is 2.57. The lowest BCUT2D eigenvalue weighted by Gasteiger charge is -2.39. The fourth-order valence-electron chi connectivity index (χ4n) is 3.68. The van der Waals surface area contributed by atoms with E-state index in [2.05, 4.69) is 0 Å². The molecule has 0 bridgehead atoms. The molecule has 2 unspecified atom stereocenters. The topological polar surface area (TPSA) is 0 Å². The van der Waals surface area contributed by atoms with E-state index < -0.39 is 76.6 Å². The summed E-state index contributed by atoms with van der Waals surface area (Å²) < 4.78 is 116. The highest BCUT2D eigenvalue weighted by Gasteiger charge is 2.58. The van der Waals surface area contributed by atoms with E-state index in [1.807, 2.05) is 0 Å². The van der Waals surface area contributed by atoms with Gasteiger partial charge in [0.25, 0.3) is 6.71 Å². The predicted octanol–water partition coefficient (Wildman–Crippen LogP) is 5.37. The number of alkyl halides is 2. The average Bonchev–Trinajstić information content (AvgIpc) is 2.61. The second-order valence-electron chi connectivity index (χ2n) is 6.88. The predicted molar refractivity (Wildman–Crippen MR) is 90.0 cm³/mol. The minimum atomic E-state index is -3.08. The van der Waals surface area contributed by atoms with E-state index in [9.17, 15) is 26.3 Å². The number of benzene rings is 1. The highest BCUT2D eigenvalue weighted by molar-refractivity contribution is 6.79. The van der Waals surface area contributed by atoms with Crippen LogP contribution in [0.25, 0.3) is 0 Å². The highest BCUT2D eigenvalue weighted by Crippen LogP contribution is 2.41. The van der Waals surface area contributed by atoms with Crippen LogP contribution in [-0.4, -0.2) is 17.8 Å². The first-order valence-corrected chi connectivity index (χ1v) is 8.28. The van der Waals surface area contributed by atoms with Crippen LogP contribution in [0.5, 0.6) is 0 Å². The summed E-state index contributed by atoms with van der Waals surface area (Å²) in [6, 6.07) is 0. The maximum atomic E-state index is 15.7. The third kappa shape index (κ3) is 3.20. The van der Waals surface area contributed by atoms with Crippen LogP contribution in [0.2, 0.25) is 0 Å². The Hall–Kier alpha value is -2.32. The molecule has 0 aliphatic heterocycles. The van der Waals surface area contributed by atoms with Gasteiger partial charge in [-0.2, -0.15) is 0 Å². The van der Waals surface area contributed by atoms with Gasteiger partial charge in [0.05, 0.1) is 0 Å². The lowest BCUT2D eigenvalue weighted by atomic mass is 9.26. The molecule has 2 aliphatic rings. The molecule has 0 amide bonds. The first kappa shape index (κ1) is 20.4. The van der Waals surface area contributed by atoms with Gasteiger partial charge in [0.15, 0.2) is 17.5 Å². The second kappa shape index (κ2) is 6.94. The molecule has 1 aromatic carbocycles. The highest BCUT2D eigenvalue weighted by atomic mass is 19.2. The molecule has 0 N–H and O–H groups in total. The quantitative estimate of drug-likeness (QED) is 0.275. The van der Waals surface area contributed by atoms with Gasteiger partial charge in [-0.25, -0.2) is 35.1 Å². The molecule has 0 heterocycles. The van der Waals surface area contributed by atoms with Gasteiger partial charge in [-0.1, -0.05) is 24.3 Å². The fraction of sp³-hybridized carbons (Fsp3) is 0.263. The van der Waals surface area contributed by atoms with Crippen LogP contribution in [0.15, 0.2) is 48.1 Å². The molecule has 0 saturated carbocycles. The Kier molecular flexibility index (Phi) is 5.06. The summed E-state index contributed by atoms with van der Waals surface area (Å²) in [4.78, 5) is 0. The van der Waals surface area contributed by atoms with Crippen LogP contribution >= 0.6 is 0 Å². The minimum Gasteiger partial charge on any atom is -0.248 e. The van der Waals surface area contributed by atoms with Crippen molar-refractivity contribution in [1.29, 1.82) is 0 Å². The molecule has 2 atom stereocenters. The summed E-state index contributed by atoms with van der Waals surface area (Å²) in [5.41, 5.74) is -8.60. The van der Waals surface area contributed by atoms with E-state index in [0.717, 1.165) is 31.2 Å². The normalized spacial score (nSPS) is 26.9. The average molecular weight is 404 g/mol. The van der Waals surface area contributed by atoms with Gasteiger partial charge in [0.1, 0.15) is 28.6 Å². The van der Waals surface area contributed by atoms with Crippen molar-refractivity contribution >= 4 is 12.2 Å². The van der Waals surface area contributed by atoms with Crippen LogP contribution in [-0.2, 0) is 0 Å². The Balaban J connectivity index is 2.31. The Morgan fingerprint density at radius 2 is 1.18 bits per heavy atom. The summed E-state index contributed by atoms with van der Waals surface area (Å²) >= 11 is 0. The molecular weight excluding hydrogens is 391 g/mol. The van der Waals surface area contributed by atoms with Crippen LogP contribution in [0, 0.1) is 30.2 Å². The molecular formula is C19H13BF8. The Bertz CT molecular complexity index is 877. The molecule has 0 saturated heterocycles. The number of halogens is 8. The molecule has 2 aliphatic carbocycles. The molecule has 0 fully saturated rings. The number of allylic oxidation sites excluding steroid dienone is 8. The number of hydrogen-bond acceptors (Lipinski definition) is 0. The molecule has 0 nitrogen and oxygen atoms in total. The minimum absolute atomic E-state index is 0.668. The van der Waals surface area contributed by atoms with E-state index in [4.69, 9.17) is 0 Å². The summed E-state index contributed by atoms with van der Waals surface area (Å²) in [7, 11) is 0. The van der Waals surface area contributed by atoms with Crippen molar-refractivity contribution in [2.75, 3.05) is 0 Å². The van der Waals surface area contributed by atoms with Crippen LogP contribution in [0.1, 0.15) is 18.4 Å². The van der Waals surface area contributed by atoms with Crippen LogP contribution in [0.4, 0.5) is 35.1 Å². The summed E-state index contributed by atoms with van der Waals surface area (Å²) in [6.45, 7) is -1.77. The smallest absolute Gasteiger partial charge is 0.248 e. The zero-order chi connectivity index (χ0) is 20.9. The standard InChI is InChI=1S/C19H13BF8/c1-10-14(23)13(16(25)17(26)15(10)24)20(18(27)6-2-4-11(21)8-18)19(28)7-3-5-12(22)9-19/h2-7H,8-9H2,1H3. The zero-order valence-corrected chi connectivity index (χ0v) is 14.5. The van der Waals surface area contributed by atoms with Crippen molar-refractivity contribution < 1.29 is 35.1 Å². The first-order valence-electron chi connectivity index (χ1n) is 8.28. The van der Waals surface area contributed by atoms with Gasteiger partial charge >= 0.3 is 0 Å². The fourth-order valence-corrected chi connectivity index (χ4v) is 3.68. The molecule has 148 valence electrons. The van der Waals surface area contributed by atoms with E-state index >= 15 is 8.78 Å². The van der Waals surface area contributed by atoms with Gasteiger partial charge in [-0.15, -0.1) is 0 Å². The van der Waals surface area contributed by atoms with Crippen molar-refractivity contribution in [3.63, 3.8) is 0 Å². The molecule has 28 heavy (non-hydrogen) atoms. The van der Waals surface area contributed by atoms with E-state index in [-0.39, 0.29) is 0 Å². The Morgan fingerprint density at radius 3 is 1.61 bits per heavy atom. The molecule has 9 heteroatoms. The van der Waals surface area contributed by atoms with E-state index in [0.29, 0.717) is 12.2 Å². The SMILES string of the molecule is Cc1c(F)c(F)c(F)c(B(C2(F)C=CC=C(F)C2)C2(F)C=CC=C(F)C2)c1F. The van der Waals surface area contributed by atoms with Crippen molar-refractivity contribution in [2.45, 2.75) is 30.9 Å². The maximum Gasteiger partial charge on any atom is 0.282 e. The van der Waals surface area contributed by atoms with E-state index in [1.54, 1.807) is 0 Å². The number of hydrogen-bond donors (Lipinski definition) is 0. The maximum absolute atomic E-state index is 15.7. The van der Waals surface area contributed by atoms with Crippen LogP contribution in [0.3, 0.4) is 0 Å². The van der Waals surface area contributed by atoms with Crippen LogP contribution < -0.4 is 5.46 Å². The van der Waals surface area contributed by atoms with Crippen molar-refractivity contribution in [2.24, 2.45) is 0 Å². The van der Waals surface area contributed by atoms with Gasteiger partial charge < -0.3 is 0 Å². The van der Waals surface area contributed by atoms with Gasteiger partial charge in [0.2, 0.25) is 0 Å². The summed E-state index contributed by atoms with van der Waals surface area (Å²) in [5.74, 6) is -9.97. The Morgan fingerprint density at radius 1 is 0.714 bits per heavy atom.